The van der Waals surface area contributed by atoms with E-state index in [-0.39, 0.29) is 4.43 Å². The number of alkyl halides is 3. The van der Waals surface area contributed by atoms with Gasteiger partial charge >= 0.3 is 0 Å². The summed E-state index contributed by atoms with van der Waals surface area (Å²) in [4.78, 5) is 0. The van der Waals surface area contributed by atoms with E-state index in [1.54, 1.807) is 22.6 Å². The number of halogens is 3. The van der Waals surface area contributed by atoms with Gasteiger partial charge in [-0.15, -0.1) is 0 Å². The molecule has 0 nitrogen and oxygen atoms in total. The van der Waals surface area contributed by atoms with Gasteiger partial charge in [-0.1, -0.05) is 36.4 Å². The fourth-order valence-corrected chi connectivity index (χ4v) is 1.04. The molecule has 0 aromatic heterocycles. The van der Waals surface area contributed by atoms with E-state index in [1.165, 1.54) is 13.8 Å². The predicted octanol–water partition coefficient (Wildman–Crippen LogP) is 2.71. The lowest BCUT2D eigenvalue weighted by Crippen LogP contribution is -2.24. The zero-order valence-corrected chi connectivity index (χ0v) is 7.08. The molecule has 50 valence electrons. The fourth-order valence-electron chi connectivity index (χ4n) is 0.154. The molecule has 0 atom stereocenters. The van der Waals surface area contributed by atoms with Gasteiger partial charge in [-0.2, -0.15) is 0 Å². The molecule has 0 fully saturated rings. The van der Waals surface area contributed by atoms with Crippen molar-refractivity contribution >= 4 is 22.6 Å². The van der Waals surface area contributed by atoms with Crippen LogP contribution in [-0.2, 0) is 0 Å². The van der Waals surface area contributed by atoms with E-state index in [0.29, 0.717) is 0 Å². The first-order valence-corrected chi connectivity index (χ1v) is 3.97. The zero-order chi connectivity index (χ0) is 6.78. The minimum Gasteiger partial charge on any atom is -0.206 e. The SMILES string of the molecule is CC(C)C(F)(F)CI. The van der Waals surface area contributed by atoms with Crippen molar-refractivity contribution in [3.05, 3.63) is 0 Å². The van der Waals surface area contributed by atoms with Gasteiger partial charge in [0, 0.05) is 5.92 Å². The normalized spacial score (nSPS) is 12.8. The van der Waals surface area contributed by atoms with Crippen LogP contribution in [0, 0.1) is 5.92 Å². The average Bonchev–Trinajstić information content (AvgIpc) is 1.67. The van der Waals surface area contributed by atoms with Gasteiger partial charge in [0.05, 0.1) is 4.43 Å². The Morgan fingerprint density at radius 1 is 1.50 bits per heavy atom. The van der Waals surface area contributed by atoms with Crippen LogP contribution in [0.25, 0.3) is 0 Å². The number of hydrogen-bond acceptors (Lipinski definition) is 0. The summed E-state index contributed by atoms with van der Waals surface area (Å²) in [6, 6.07) is 0. The van der Waals surface area contributed by atoms with Crippen molar-refractivity contribution in [2.75, 3.05) is 4.43 Å². The molecule has 0 aliphatic heterocycles. The van der Waals surface area contributed by atoms with Crippen molar-refractivity contribution in [1.29, 1.82) is 0 Å². The molecule has 0 heterocycles. The summed E-state index contributed by atoms with van der Waals surface area (Å²) in [7, 11) is 0. The second kappa shape index (κ2) is 2.94. The topological polar surface area (TPSA) is 0 Å². The van der Waals surface area contributed by atoms with E-state index >= 15 is 0 Å². The molecule has 8 heavy (non-hydrogen) atoms. The monoisotopic (exact) mass is 234 g/mol. The van der Waals surface area contributed by atoms with Gasteiger partial charge in [-0.3, -0.25) is 0 Å². The molecule has 0 saturated carbocycles. The third-order valence-corrected chi connectivity index (χ3v) is 2.04. The van der Waals surface area contributed by atoms with Gasteiger partial charge in [-0.25, -0.2) is 8.78 Å². The first kappa shape index (κ1) is 8.59. The minimum atomic E-state index is -2.47. The quantitative estimate of drug-likeness (QED) is 0.509. The molecule has 0 amide bonds. The first-order chi connectivity index (χ1) is 3.50. The Labute approximate surface area is 61.8 Å². The van der Waals surface area contributed by atoms with Gasteiger partial charge in [0.15, 0.2) is 0 Å². The molecule has 0 rings (SSSR count). The molecule has 0 bridgehead atoms. The van der Waals surface area contributed by atoms with Crippen LogP contribution < -0.4 is 0 Å². The lowest BCUT2D eigenvalue weighted by molar-refractivity contribution is -0.0169. The molecule has 0 radical (unpaired) electrons. The van der Waals surface area contributed by atoms with Crippen LogP contribution in [0.4, 0.5) is 8.78 Å². The molecule has 0 unspecified atom stereocenters. The molecule has 0 N–H and O–H groups in total. The molecule has 0 aliphatic carbocycles. The third kappa shape index (κ3) is 2.24. The first-order valence-electron chi connectivity index (χ1n) is 2.44. The third-order valence-electron chi connectivity index (χ3n) is 1.02. The highest BCUT2D eigenvalue weighted by molar-refractivity contribution is 14.1. The van der Waals surface area contributed by atoms with E-state index in [2.05, 4.69) is 0 Å². The highest BCUT2D eigenvalue weighted by Gasteiger charge is 2.31. The zero-order valence-electron chi connectivity index (χ0n) is 4.92. The van der Waals surface area contributed by atoms with E-state index in [1.807, 2.05) is 0 Å². The van der Waals surface area contributed by atoms with Crippen LogP contribution in [0.3, 0.4) is 0 Å². The summed E-state index contributed by atoms with van der Waals surface area (Å²) in [6.07, 6.45) is 0. The summed E-state index contributed by atoms with van der Waals surface area (Å²) < 4.78 is 24.5. The summed E-state index contributed by atoms with van der Waals surface area (Å²) in [5, 5.41) is 0. The minimum absolute atomic E-state index is 0.0809. The highest BCUT2D eigenvalue weighted by Crippen LogP contribution is 2.25. The van der Waals surface area contributed by atoms with Crippen LogP contribution in [0.2, 0.25) is 0 Å². The van der Waals surface area contributed by atoms with Crippen molar-refractivity contribution in [3.63, 3.8) is 0 Å². The van der Waals surface area contributed by atoms with Gasteiger partial charge in [0.25, 0.3) is 5.92 Å². The lowest BCUT2D eigenvalue weighted by atomic mass is 10.1. The molecule has 0 saturated heterocycles. The van der Waals surface area contributed by atoms with Crippen molar-refractivity contribution in [2.45, 2.75) is 19.8 Å². The number of hydrogen-bond donors (Lipinski definition) is 0. The average molecular weight is 234 g/mol. The van der Waals surface area contributed by atoms with Crippen molar-refractivity contribution in [3.8, 4) is 0 Å². The molecule has 0 aliphatic rings. The van der Waals surface area contributed by atoms with Crippen LogP contribution >= 0.6 is 22.6 Å². The molecule has 0 aromatic rings. The summed E-state index contributed by atoms with van der Waals surface area (Å²) in [5.74, 6) is -3.00. The fraction of sp³-hybridized carbons (Fsp3) is 1.00. The molecular formula is C5H9F2I. The Kier molecular flexibility index (Phi) is 3.16. The van der Waals surface area contributed by atoms with Crippen LogP contribution in [0.1, 0.15) is 13.8 Å². The van der Waals surface area contributed by atoms with Crippen molar-refractivity contribution in [1.82, 2.24) is 0 Å². The Morgan fingerprint density at radius 2 is 1.88 bits per heavy atom. The lowest BCUT2D eigenvalue weighted by Gasteiger charge is -2.16. The van der Waals surface area contributed by atoms with Crippen molar-refractivity contribution < 1.29 is 8.78 Å². The Bertz CT molecular complexity index is 70.8. The second-order valence-corrected chi connectivity index (χ2v) is 2.81. The Morgan fingerprint density at radius 3 is 1.88 bits per heavy atom. The van der Waals surface area contributed by atoms with Gasteiger partial charge < -0.3 is 0 Å². The van der Waals surface area contributed by atoms with Gasteiger partial charge in [-0.05, 0) is 0 Å². The maximum atomic E-state index is 12.3. The molecule has 0 aromatic carbocycles. The van der Waals surface area contributed by atoms with Gasteiger partial charge in [0.2, 0.25) is 0 Å². The predicted molar refractivity (Wildman–Crippen MR) is 38.7 cm³/mol. The molecule has 3 heteroatoms. The summed E-state index contributed by atoms with van der Waals surface area (Å²) >= 11 is 1.70. The standard InChI is InChI=1S/C5H9F2I/c1-4(2)5(6,7)3-8/h4H,3H2,1-2H3. The second-order valence-electron chi connectivity index (χ2n) is 2.05. The molecular weight excluding hydrogens is 225 g/mol. The summed E-state index contributed by atoms with van der Waals surface area (Å²) in [5.41, 5.74) is 0. The van der Waals surface area contributed by atoms with E-state index in [4.69, 9.17) is 0 Å². The van der Waals surface area contributed by atoms with E-state index in [0.717, 1.165) is 0 Å². The van der Waals surface area contributed by atoms with E-state index < -0.39 is 11.8 Å². The van der Waals surface area contributed by atoms with E-state index in [9.17, 15) is 8.78 Å². The Hall–Kier alpha value is 0.590. The van der Waals surface area contributed by atoms with Gasteiger partial charge in [0.1, 0.15) is 0 Å². The van der Waals surface area contributed by atoms with Crippen LogP contribution in [-0.4, -0.2) is 10.4 Å². The summed E-state index contributed by atoms with van der Waals surface area (Å²) in [6.45, 7) is 3.05. The maximum absolute atomic E-state index is 12.3. The molecule has 0 spiro atoms. The number of rotatable bonds is 2. The van der Waals surface area contributed by atoms with Crippen LogP contribution in [0.5, 0.6) is 0 Å². The largest absolute Gasteiger partial charge is 0.259 e. The highest BCUT2D eigenvalue weighted by atomic mass is 127. The van der Waals surface area contributed by atoms with Crippen LogP contribution in [0.15, 0.2) is 0 Å². The smallest absolute Gasteiger partial charge is 0.206 e. The maximum Gasteiger partial charge on any atom is 0.259 e. The Balaban J connectivity index is 3.71. The van der Waals surface area contributed by atoms with Crippen molar-refractivity contribution in [2.24, 2.45) is 5.92 Å².